The van der Waals surface area contributed by atoms with E-state index in [0.29, 0.717) is 18.5 Å². The largest absolute Gasteiger partial charge is 0.444 e. The number of unbranched alkanes of at least 4 members (excludes halogenated alkanes) is 3. The van der Waals surface area contributed by atoms with Crippen molar-refractivity contribution < 1.29 is 23.9 Å². The maximum absolute atomic E-state index is 14.2. The highest BCUT2D eigenvalue weighted by Gasteiger charge is 2.37. The molecule has 0 radical (unpaired) electrons. The molecule has 0 aliphatic heterocycles. The molecule has 0 spiro atoms. The second-order valence-electron chi connectivity index (χ2n) is 12.1. The first-order valence-electron chi connectivity index (χ1n) is 14.8. The maximum Gasteiger partial charge on any atom is 0.408 e. The number of carbonyl (C=O) groups excluding carboxylic acids is 4. The Morgan fingerprint density at radius 2 is 1.62 bits per heavy atom. The minimum absolute atomic E-state index is 0.0491. The lowest BCUT2D eigenvalue weighted by molar-refractivity contribution is -0.143. The molecular formula is C31H50N4O5. The molecule has 0 bridgehead atoms. The molecule has 0 saturated heterocycles. The van der Waals surface area contributed by atoms with Crippen molar-refractivity contribution in [1.82, 2.24) is 15.5 Å². The van der Waals surface area contributed by atoms with Crippen molar-refractivity contribution in [3.63, 3.8) is 0 Å². The normalized spacial score (nSPS) is 15.6. The van der Waals surface area contributed by atoms with Gasteiger partial charge in [0.2, 0.25) is 17.7 Å². The molecule has 1 aromatic carbocycles. The smallest absolute Gasteiger partial charge is 0.408 e. The summed E-state index contributed by atoms with van der Waals surface area (Å²) in [6.45, 7) is 11.4. The van der Waals surface area contributed by atoms with Crippen molar-refractivity contribution in [3.8, 4) is 0 Å². The van der Waals surface area contributed by atoms with Crippen LogP contribution in [-0.4, -0.2) is 52.9 Å². The molecule has 4 N–H and O–H groups in total. The van der Waals surface area contributed by atoms with E-state index in [1.807, 2.05) is 32.0 Å². The molecule has 1 aliphatic carbocycles. The van der Waals surface area contributed by atoms with E-state index >= 15 is 0 Å². The van der Waals surface area contributed by atoms with Gasteiger partial charge in [0.25, 0.3) is 0 Å². The van der Waals surface area contributed by atoms with Crippen molar-refractivity contribution in [2.75, 3.05) is 6.54 Å². The van der Waals surface area contributed by atoms with Gasteiger partial charge in [0.1, 0.15) is 17.7 Å². The van der Waals surface area contributed by atoms with E-state index in [2.05, 4.69) is 17.6 Å². The number of carbonyl (C=O) groups is 4. The van der Waals surface area contributed by atoms with Crippen LogP contribution < -0.4 is 16.4 Å². The highest BCUT2D eigenvalue weighted by atomic mass is 16.6. The summed E-state index contributed by atoms with van der Waals surface area (Å²) >= 11 is 0. The maximum atomic E-state index is 14.2. The number of nitrogens with one attached hydrogen (secondary N) is 2. The molecule has 9 nitrogen and oxygen atoms in total. The first kappa shape index (κ1) is 33.1. The van der Waals surface area contributed by atoms with E-state index < -0.39 is 42.0 Å². The van der Waals surface area contributed by atoms with Crippen molar-refractivity contribution in [2.45, 2.75) is 129 Å². The van der Waals surface area contributed by atoms with E-state index in [0.717, 1.165) is 62.5 Å². The summed E-state index contributed by atoms with van der Waals surface area (Å²) in [6.07, 6.45) is 7.39. The van der Waals surface area contributed by atoms with E-state index in [-0.39, 0.29) is 11.9 Å². The van der Waals surface area contributed by atoms with Gasteiger partial charge in [0, 0.05) is 12.6 Å². The lowest BCUT2D eigenvalue weighted by atomic mass is 9.93. The van der Waals surface area contributed by atoms with Gasteiger partial charge >= 0.3 is 6.09 Å². The number of nitrogens with two attached hydrogens (primary N) is 1. The van der Waals surface area contributed by atoms with Crippen LogP contribution in [0.3, 0.4) is 0 Å². The number of nitrogens with zero attached hydrogens (tertiary/aromatic N) is 1. The molecule has 1 aliphatic rings. The van der Waals surface area contributed by atoms with Gasteiger partial charge in [0.15, 0.2) is 0 Å². The Kier molecular flexibility index (Phi) is 12.9. The predicted molar refractivity (Wildman–Crippen MR) is 156 cm³/mol. The Morgan fingerprint density at radius 1 is 1.00 bits per heavy atom. The fraction of sp³-hybridized carbons (Fsp3) is 0.677. The van der Waals surface area contributed by atoms with Crippen LogP contribution in [0.4, 0.5) is 4.79 Å². The standard InChI is InChI=1S/C31H50N4O5/c1-7-8-9-13-16-35(29(38)25(20-26(32)36)34-30(39)40-31(4,5)6)27(23-18-21(2)17-22(3)19-23)28(37)33-24-14-11-10-12-15-24/h17-19,24-25,27H,7-16,20H2,1-6H3,(H2,32,36)(H,33,37)(H,34,39). The molecule has 1 aromatic rings. The molecule has 40 heavy (non-hydrogen) atoms. The molecule has 9 heteroatoms. The third kappa shape index (κ3) is 11.2. The molecule has 224 valence electrons. The molecule has 2 rings (SSSR count). The Bertz CT molecular complexity index is 993. The predicted octanol–water partition coefficient (Wildman–Crippen LogP) is 4.97. The monoisotopic (exact) mass is 558 g/mol. The van der Waals surface area contributed by atoms with Gasteiger partial charge in [-0.25, -0.2) is 4.79 Å². The molecule has 0 aromatic heterocycles. The van der Waals surface area contributed by atoms with Gasteiger partial charge < -0.3 is 26.0 Å². The van der Waals surface area contributed by atoms with Crippen LogP contribution >= 0.6 is 0 Å². The summed E-state index contributed by atoms with van der Waals surface area (Å²) in [5.41, 5.74) is 7.35. The number of hydrogen-bond donors (Lipinski definition) is 3. The van der Waals surface area contributed by atoms with Crippen molar-refractivity contribution in [2.24, 2.45) is 5.73 Å². The number of alkyl carbamates (subject to hydrolysis) is 1. The average molecular weight is 559 g/mol. The molecule has 2 unspecified atom stereocenters. The second kappa shape index (κ2) is 15.6. The average Bonchev–Trinajstić information content (AvgIpc) is 2.83. The van der Waals surface area contributed by atoms with Crippen molar-refractivity contribution >= 4 is 23.8 Å². The summed E-state index contributed by atoms with van der Waals surface area (Å²) < 4.78 is 5.37. The van der Waals surface area contributed by atoms with Gasteiger partial charge in [-0.3, -0.25) is 14.4 Å². The lowest BCUT2D eigenvalue weighted by Crippen LogP contribution is -2.55. The van der Waals surface area contributed by atoms with Crippen LogP contribution in [0.1, 0.15) is 115 Å². The highest BCUT2D eigenvalue weighted by molar-refractivity contribution is 5.94. The van der Waals surface area contributed by atoms with Gasteiger partial charge in [-0.1, -0.05) is 74.8 Å². The number of rotatable bonds is 13. The first-order valence-corrected chi connectivity index (χ1v) is 14.8. The Hall–Kier alpha value is -3.10. The summed E-state index contributed by atoms with van der Waals surface area (Å²) in [5, 5.41) is 5.76. The van der Waals surface area contributed by atoms with E-state index in [1.54, 1.807) is 20.8 Å². The van der Waals surface area contributed by atoms with E-state index in [9.17, 15) is 19.2 Å². The number of aryl methyl sites for hydroxylation is 2. The number of hydrogen-bond acceptors (Lipinski definition) is 5. The summed E-state index contributed by atoms with van der Waals surface area (Å²) in [6, 6.07) is 3.73. The van der Waals surface area contributed by atoms with Gasteiger partial charge in [-0.05, 0) is 59.4 Å². The fourth-order valence-corrected chi connectivity index (χ4v) is 5.29. The number of primary amides is 1. The summed E-state index contributed by atoms with van der Waals surface area (Å²) in [5.74, 6) is -1.53. The van der Waals surface area contributed by atoms with Crippen LogP contribution in [-0.2, 0) is 19.1 Å². The van der Waals surface area contributed by atoms with E-state index in [1.165, 1.54) is 4.90 Å². The molecule has 0 heterocycles. The Labute approximate surface area is 240 Å². The molecule has 1 saturated carbocycles. The third-order valence-corrected chi connectivity index (χ3v) is 7.00. The van der Waals surface area contributed by atoms with Crippen LogP contribution in [0.5, 0.6) is 0 Å². The van der Waals surface area contributed by atoms with Gasteiger partial charge in [-0.15, -0.1) is 0 Å². The van der Waals surface area contributed by atoms with E-state index in [4.69, 9.17) is 10.5 Å². The summed E-state index contributed by atoms with van der Waals surface area (Å²) in [7, 11) is 0. The van der Waals surface area contributed by atoms with Crippen LogP contribution in [0, 0.1) is 13.8 Å². The highest BCUT2D eigenvalue weighted by Crippen LogP contribution is 2.27. The number of benzene rings is 1. The zero-order chi connectivity index (χ0) is 29.9. The van der Waals surface area contributed by atoms with Crippen molar-refractivity contribution in [1.29, 1.82) is 0 Å². The molecule has 4 amide bonds. The molecule has 1 fully saturated rings. The van der Waals surface area contributed by atoms with Crippen LogP contribution in [0.15, 0.2) is 18.2 Å². The first-order chi connectivity index (χ1) is 18.8. The number of amides is 4. The Morgan fingerprint density at radius 3 is 2.17 bits per heavy atom. The summed E-state index contributed by atoms with van der Waals surface area (Å²) in [4.78, 5) is 54.4. The molecule has 2 atom stereocenters. The quantitative estimate of drug-likeness (QED) is 0.294. The third-order valence-electron chi connectivity index (χ3n) is 7.00. The van der Waals surface area contributed by atoms with Gasteiger partial charge in [-0.2, -0.15) is 0 Å². The minimum Gasteiger partial charge on any atom is -0.444 e. The van der Waals surface area contributed by atoms with Crippen molar-refractivity contribution in [3.05, 3.63) is 34.9 Å². The fourth-order valence-electron chi connectivity index (χ4n) is 5.29. The molecular weight excluding hydrogens is 508 g/mol. The zero-order valence-corrected chi connectivity index (χ0v) is 25.3. The topological polar surface area (TPSA) is 131 Å². The SMILES string of the molecule is CCCCCCN(C(=O)C(CC(N)=O)NC(=O)OC(C)(C)C)C(C(=O)NC1CCCCC1)c1cc(C)cc(C)c1. The second-order valence-corrected chi connectivity index (χ2v) is 12.1. The van der Waals surface area contributed by atoms with Gasteiger partial charge in [0.05, 0.1) is 6.42 Å². The minimum atomic E-state index is -1.27. The Balaban J connectivity index is 2.52. The zero-order valence-electron chi connectivity index (χ0n) is 25.3. The lowest BCUT2D eigenvalue weighted by Gasteiger charge is -2.36. The number of ether oxygens (including phenoxy) is 1. The van der Waals surface area contributed by atoms with Crippen LogP contribution in [0.2, 0.25) is 0 Å². The van der Waals surface area contributed by atoms with Crippen LogP contribution in [0.25, 0.3) is 0 Å².